The minimum absolute atomic E-state index is 0.0232. The number of rotatable bonds is 3. The fraction of sp³-hybridized carbons (Fsp3) is 0.182. The zero-order valence-corrected chi connectivity index (χ0v) is 19.9. The van der Waals surface area contributed by atoms with Crippen molar-refractivity contribution in [3.8, 4) is 17.1 Å². The van der Waals surface area contributed by atoms with Crippen LogP contribution < -0.4 is 10.6 Å². The highest BCUT2D eigenvalue weighted by Crippen LogP contribution is 2.37. The number of amides is 1. The molecule has 0 saturated carbocycles. The lowest BCUT2D eigenvalue weighted by molar-refractivity contribution is 0.0951. The maximum atomic E-state index is 12.5. The molecule has 0 aliphatic carbocycles. The Morgan fingerprint density at radius 1 is 1.03 bits per heavy atom. The molecule has 31 heavy (non-hydrogen) atoms. The number of aromatic hydroxyl groups is 1. The monoisotopic (exact) mass is 496 g/mol. The second-order valence-corrected chi connectivity index (χ2v) is 9.46. The van der Waals surface area contributed by atoms with Crippen LogP contribution in [0.1, 0.15) is 36.9 Å². The van der Waals surface area contributed by atoms with E-state index in [9.17, 15) is 9.90 Å². The van der Waals surface area contributed by atoms with Crippen LogP contribution in [0.15, 0.2) is 46.9 Å². The van der Waals surface area contributed by atoms with Gasteiger partial charge in [-0.15, -0.1) is 0 Å². The first kappa shape index (κ1) is 23.4. The zero-order valence-electron chi connectivity index (χ0n) is 16.8. The van der Waals surface area contributed by atoms with E-state index in [1.807, 2.05) is 20.8 Å². The normalized spacial score (nSPS) is 11.3. The van der Waals surface area contributed by atoms with Gasteiger partial charge in [-0.25, -0.2) is 0 Å². The smallest absolute Gasteiger partial charge is 0.293 e. The second kappa shape index (κ2) is 9.09. The molecule has 2 aromatic carbocycles. The molecular weight excluding hydrogens is 479 g/mol. The molecule has 0 unspecified atom stereocenters. The van der Waals surface area contributed by atoms with Crippen LogP contribution in [0.2, 0.25) is 15.1 Å². The predicted octanol–water partition coefficient (Wildman–Crippen LogP) is 7.04. The molecule has 3 aromatic rings. The number of carbonyl (C=O) groups is 1. The summed E-state index contributed by atoms with van der Waals surface area (Å²) in [5.41, 5.74) is 1.58. The van der Waals surface area contributed by atoms with E-state index in [-0.39, 0.29) is 32.7 Å². The number of anilines is 1. The van der Waals surface area contributed by atoms with Gasteiger partial charge >= 0.3 is 0 Å². The number of furan rings is 1. The lowest BCUT2D eigenvalue weighted by Gasteiger charge is -2.21. The van der Waals surface area contributed by atoms with Crippen molar-refractivity contribution in [3.63, 3.8) is 0 Å². The van der Waals surface area contributed by atoms with Crippen LogP contribution in [0, 0.1) is 0 Å². The average molecular weight is 498 g/mol. The molecule has 1 heterocycles. The Labute approximate surface area is 200 Å². The van der Waals surface area contributed by atoms with Gasteiger partial charge in [-0.2, -0.15) is 0 Å². The van der Waals surface area contributed by atoms with Gasteiger partial charge in [-0.05, 0) is 65.7 Å². The third-order valence-electron chi connectivity index (χ3n) is 4.43. The Bertz CT molecular complexity index is 1170. The zero-order chi connectivity index (χ0) is 22.9. The Balaban J connectivity index is 1.74. The average Bonchev–Trinajstić information content (AvgIpc) is 3.14. The van der Waals surface area contributed by atoms with Crippen LogP contribution >= 0.6 is 47.0 Å². The van der Waals surface area contributed by atoms with Gasteiger partial charge in [0.1, 0.15) is 5.76 Å². The van der Waals surface area contributed by atoms with E-state index in [2.05, 4.69) is 10.6 Å². The molecule has 5 nitrogen and oxygen atoms in total. The third-order valence-corrected chi connectivity index (χ3v) is 5.47. The summed E-state index contributed by atoms with van der Waals surface area (Å²) in [7, 11) is 0. The van der Waals surface area contributed by atoms with Crippen molar-refractivity contribution in [2.24, 2.45) is 0 Å². The van der Waals surface area contributed by atoms with Crippen molar-refractivity contribution in [1.82, 2.24) is 5.32 Å². The maximum absolute atomic E-state index is 12.5. The Morgan fingerprint density at radius 2 is 1.74 bits per heavy atom. The highest BCUT2D eigenvalue weighted by Gasteiger charge is 2.20. The first-order valence-corrected chi connectivity index (χ1v) is 10.7. The number of thiocarbonyl (C=S) groups is 1. The number of hydrogen-bond acceptors (Lipinski definition) is 4. The van der Waals surface area contributed by atoms with E-state index >= 15 is 0 Å². The van der Waals surface area contributed by atoms with Gasteiger partial charge in [-0.3, -0.25) is 10.1 Å². The molecule has 0 aliphatic rings. The molecule has 3 rings (SSSR count). The van der Waals surface area contributed by atoms with Crippen LogP contribution in [0.4, 0.5) is 5.69 Å². The molecule has 0 saturated heterocycles. The summed E-state index contributed by atoms with van der Waals surface area (Å²) in [5.74, 6) is -0.279. The standard InChI is InChI=1S/C22H19Cl3N2O3S/c1-22(2,3)11-8-15(25)19(28)16(9-11)26-21(31)27-20(29)18-7-6-17(30-18)13-5-4-12(23)10-14(13)24/h4-10,28H,1-3H3,(H2,26,27,29,31). The largest absolute Gasteiger partial charge is 0.504 e. The molecule has 0 fully saturated rings. The third kappa shape index (κ3) is 5.52. The van der Waals surface area contributed by atoms with Crippen molar-refractivity contribution in [2.45, 2.75) is 26.2 Å². The first-order chi connectivity index (χ1) is 14.5. The second-order valence-electron chi connectivity index (χ2n) is 7.80. The topological polar surface area (TPSA) is 74.5 Å². The van der Waals surface area contributed by atoms with E-state index in [1.165, 1.54) is 6.07 Å². The van der Waals surface area contributed by atoms with Gasteiger partial charge in [0, 0.05) is 10.6 Å². The lowest BCUT2D eigenvalue weighted by Crippen LogP contribution is -2.34. The Hall–Kier alpha value is -2.25. The number of nitrogens with one attached hydrogen (secondary N) is 2. The minimum Gasteiger partial charge on any atom is -0.504 e. The van der Waals surface area contributed by atoms with Crippen LogP contribution in [0.25, 0.3) is 11.3 Å². The van der Waals surface area contributed by atoms with Gasteiger partial charge in [0.05, 0.1) is 15.7 Å². The molecule has 9 heteroatoms. The van der Waals surface area contributed by atoms with Gasteiger partial charge in [0.2, 0.25) is 0 Å². The molecular formula is C22H19Cl3N2O3S. The molecule has 0 aliphatic heterocycles. The summed E-state index contributed by atoms with van der Waals surface area (Å²) in [5, 5.41) is 16.6. The van der Waals surface area contributed by atoms with Crippen molar-refractivity contribution in [2.75, 3.05) is 5.32 Å². The Kier molecular flexibility index (Phi) is 6.86. The van der Waals surface area contributed by atoms with E-state index in [1.54, 1.807) is 36.4 Å². The molecule has 0 radical (unpaired) electrons. The number of phenols is 1. The van der Waals surface area contributed by atoms with Gasteiger partial charge in [0.15, 0.2) is 16.6 Å². The summed E-state index contributed by atoms with van der Waals surface area (Å²) in [6.45, 7) is 6.04. The van der Waals surface area contributed by atoms with E-state index in [0.717, 1.165) is 5.56 Å². The maximum Gasteiger partial charge on any atom is 0.293 e. The number of carbonyl (C=O) groups excluding carboxylic acids is 1. The fourth-order valence-electron chi connectivity index (χ4n) is 2.74. The summed E-state index contributed by atoms with van der Waals surface area (Å²) >= 11 is 23.5. The molecule has 162 valence electrons. The number of hydrogen-bond donors (Lipinski definition) is 3. The van der Waals surface area contributed by atoms with Gasteiger partial charge in [-0.1, -0.05) is 55.6 Å². The fourth-order valence-corrected chi connectivity index (χ4v) is 3.66. The van der Waals surface area contributed by atoms with Crippen LogP contribution in [0.5, 0.6) is 5.75 Å². The van der Waals surface area contributed by atoms with E-state index in [0.29, 0.717) is 21.4 Å². The minimum atomic E-state index is -0.564. The molecule has 0 atom stereocenters. The highest BCUT2D eigenvalue weighted by atomic mass is 35.5. The predicted molar refractivity (Wildman–Crippen MR) is 130 cm³/mol. The van der Waals surface area contributed by atoms with E-state index in [4.69, 9.17) is 51.4 Å². The Morgan fingerprint density at radius 3 is 2.39 bits per heavy atom. The van der Waals surface area contributed by atoms with Gasteiger partial charge in [0.25, 0.3) is 5.91 Å². The number of phenolic OH excluding ortho intramolecular Hbond substituents is 1. The summed E-state index contributed by atoms with van der Waals surface area (Å²) in [6, 6.07) is 11.5. The van der Waals surface area contributed by atoms with Crippen molar-refractivity contribution < 1.29 is 14.3 Å². The number of halogens is 3. The van der Waals surface area contributed by atoms with Crippen molar-refractivity contribution >= 4 is 63.7 Å². The van der Waals surface area contributed by atoms with Crippen molar-refractivity contribution in [1.29, 1.82) is 0 Å². The van der Waals surface area contributed by atoms with Crippen LogP contribution in [0.3, 0.4) is 0 Å². The van der Waals surface area contributed by atoms with Crippen LogP contribution in [-0.4, -0.2) is 16.1 Å². The SMILES string of the molecule is CC(C)(C)c1cc(Cl)c(O)c(NC(=S)NC(=O)c2ccc(-c3ccc(Cl)cc3Cl)o2)c1. The highest BCUT2D eigenvalue weighted by molar-refractivity contribution is 7.80. The summed E-state index contributed by atoms with van der Waals surface area (Å²) < 4.78 is 5.61. The molecule has 1 aromatic heterocycles. The molecule has 1 amide bonds. The molecule has 0 bridgehead atoms. The van der Waals surface area contributed by atoms with Crippen LogP contribution in [-0.2, 0) is 5.41 Å². The van der Waals surface area contributed by atoms with Crippen molar-refractivity contribution in [3.05, 3.63) is 68.9 Å². The van der Waals surface area contributed by atoms with Gasteiger partial charge < -0.3 is 14.8 Å². The lowest BCUT2D eigenvalue weighted by atomic mass is 9.87. The number of benzene rings is 2. The van der Waals surface area contributed by atoms with E-state index < -0.39 is 5.91 Å². The quantitative estimate of drug-likeness (QED) is 0.267. The molecule has 3 N–H and O–H groups in total. The summed E-state index contributed by atoms with van der Waals surface area (Å²) in [4.78, 5) is 12.5. The molecule has 0 spiro atoms. The first-order valence-electron chi connectivity index (χ1n) is 9.16. The summed E-state index contributed by atoms with van der Waals surface area (Å²) in [6.07, 6.45) is 0.